The second-order valence-corrected chi connectivity index (χ2v) is 7.15. The van der Waals surface area contributed by atoms with Gasteiger partial charge in [0.2, 0.25) is 0 Å². The summed E-state index contributed by atoms with van der Waals surface area (Å²) in [7, 11) is 0. The molecule has 0 aliphatic heterocycles. The first-order valence-electron chi connectivity index (χ1n) is 9.03. The minimum Gasteiger partial charge on any atom is -0.313 e. The molecule has 2 atom stereocenters. The summed E-state index contributed by atoms with van der Waals surface area (Å²) in [6, 6.07) is 10.1. The normalized spacial score (nSPS) is 23.2. The summed E-state index contributed by atoms with van der Waals surface area (Å²) in [5.41, 5.74) is 3.09. The molecule has 0 bridgehead atoms. The smallest absolute Gasteiger partial charge is 0.0136 e. The molecule has 0 spiro atoms. The largest absolute Gasteiger partial charge is 0.313 e. The number of hydrogen-bond acceptors (Lipinski definition) is 1. The molecule has 118 valence electrons. The maximum atomic E-state index is 3.82. The molecule has 1 aliphatic carbocycles. The highest BCUT2D eigenvalue weighted by Gasteiger charge is 2.24. The third-order valence-electron chi connectivity index (χ3n) is 4.70. The van der Waals surface area contributed by atoms with Gasteiger partial charge in [0.1, 0.15) is 0 Å². The van der Waals surface area contributed by atoms with E-state index in [4.69, 9.17) is 0 Å². The van der Waals surface area contributed by atoms with Crippen LogP contribution < -0.4 is 5.32 Å². The van der Waals surface area contributed by atoms with Crippen molar-refractivity contribution in [1.29, 1.82) is 0 Å². The molecular formula is C20H33N. The lowest BCUT2D eigenvalue weighted by atomic mass is 9.86. The molecule has 1 nitrogen and oxygen atoms in total. The van der Waals surface area contributed by atoms with E-state index in [2.05, 4.69) is 50.4 Å². The van der Waals surface area contributed by atoms with E-state index in [1.54, 1.807) is 5.56 Å². The summed E-state index contributed by atoms with van der Waals surface area (Å²) in [6.45, 7) is 8.04. The zero-order chi connectivity index (χ0) is 15.1. The van der Waals surface area contributed by atoms with E-state index in [1.165, 1.54) is 50.5 Å². The van der Waals surface area contributed by atoms with Crippen molar-refractivity contribution in [3.63, 3.8) is 0 Å². The molecule has 21 heavy (non-hydrogen) atoms. The molecule has 1 fully saturated rings. The van der Waals surface area contributed by atoms with E-state index >= 15 is 0 Å². The summed E-state index contributed by atoms with van der Waals surface area (Å²) in [4.78, 5) is 0. The highest BCUT2D eigenvalue weighted by atomic mass is 14.9. The number of hydrogen-bond donors (Lipinski definition) is 1. The van der Waals surface area contributed by atoms with Gasteiger partial charge in [-0.15, -0.1) is 0 Å². The van der Waals surface area contributed by atoms with Crippen molar-refractivity contribution in [2.45, 2.75) is 77.7 Å². The lowest BCUT2D eigenvalue weighted by Crippen LogP contribution is -2.34. The third kappa shape index (κ3) is 5.14. The molecule has 1 heteroatoms. The van der Waals surface area contributed by atoms with Gasteiger partial charge in [-0.3, -0.25) is 0 Å². The van der Waals surface area contributed by atoms with Crippen LogP contribution in [0.3, 0.4) is 0 Å². The minimum absolute atomic E-state index is 0.682. The van der Waals surface area contributed by atoms with Crippen molar-refractivity contribution >= 4 is 0 Å². The Morgan fingerprint density at radius 3 is 2.71 bits per heavy atom. The summed E-state index contributed by atoms with van der Waals surface area (Å²) in [5, 5.41) is 3.82. The molecule has 0 radical (unpaired) electrons. The van der Waals surface area contributed by atoms with Crippen LogP contribution in [0.25, 0.3) is 0 Å². The quantitative estimate of drug-likeness (QED) is 0.700. The molecule has 2 unspecified atom stereocenters. The molecule has 1 aromatic carbocycles. The maximum absolute atomic E-state index is 3.82. The van der Waals surface area contributed by atoms with Crippen LogP contribution in [0.2, 0.25) is 0 Å². The second-order valence-electron chi connectivity index (χ2n) is 7.15. The Balaban J connectivity index is 2.14. The predicted octanol–water partition coefficient (Wildman–Crippen LogP) is 5.30. The van der Waals surface area contributed by atoms with Crippen LogP contribution in [0.5, 0.6) is 0 Å². The highest BCUT2D eigenvalue weighted by molar-refractivity contribution is 5.28. The fourth-order valence-electron chi connectivity index (χ4n) is 3.70. The summed E-state index contributed by atoms with van der Waals surface area (Å²) < 4.78 is 0. The van der Waals surface area contributed by atoms with Crippen LogP contribution in [0.1, 0.15) is 76.3 Å². The van der Waals surface area contributed by atoms with Crippen LogP contribution in [-0.4, -0.2) is 12.6 Å². The minimum atomic E-state index is 0.682. The highest BCUT2D eigenvalue weighted by Crippen LogP contribution is 2.32. The van der Waals surface area contributed by atoms with E-state index in [1.807, 2.05) is 0 Å². The predicted molar refractivity (Wildman–Crippen MR) is 92.9 cm³/mol. The zero-order valence-electron chi connectivity index (χ0n) is 14.2. The summed E-state index contributed by atoms with van der Waals surface area (Å²) in [5.74, 6) is 1.45. The van der Waals surface area contributed by atoms with Crippen LogP contribution in [0.4, 0.5) is 0 Å². The van der Waals surface area contributed by atoms with Gasteiger partial charge in [-0.05, 0) is 55.2 Å². The molecule has 0 saturated heterocycles. The molecule has 1 aliphatic rings. The van der Waals surface area contributed by atoms with Gasteiger partial charge in [-0.1, -0.05) is 64.3 Å². The Labute approximate surface area is 131 Å². The van der Waals surface area contributed by atoms with Crippen molar-refractivity contribution < 1.29 is 0 Å². The van der Waals surface area contributed by atoms with E-state index < -0.39 is 0 Å². The van der Waals surface area contributed by atoms with Crippen LogP contribution in [0.15, 0.2) is 24.3 Å². The van der Waals surface area contributed by atoms with Crippen LogP contribution >= 0.6 is 0 Å². The standard InChI is InChI=1S/C20H33N/c1-4-13-21-20-12-7-5-6-11-19(20)18-10-8-9-17(15-18)14-16(2)3/h8-10,15-16,19-21H,4-7,11-14H2,1-3H3. The fourth-order valence-corrected chi connectivity index (χ4v) is 3.70. The maximum Gasteiger partial charge on any atom is 0.0136 e. The van der Waals surface area contributed by atoms with Crippen molar-refractivity contribution in [3.05, 3.63) is 35.4 Å². The molecule has 0 heterocycles. The van der Waals surface area contributed by atoms with Gasteiger partial charge in [0.15, 0.2) is 0 Å². The molecule has 2 rings (SSSR count). The van der Waals surface area contributed by atoms with Crippen molar-refractivity contribution in [3.8, 4) is 0 Å². The van der Waals surface area contributed by atoms with Gasteiger partial charge >= 0.3 is 0 Å². The van der Waals surface area contributed by atoms with Gasteiger partial charge in [0.05, 0.1) is 0 Å². The lowest BCUT2D eigenvalue weighted by molar-refractivity contribution is 0.410. The fraction of sp³-hybridized carbons (Fsp3) is 0.700. The second kappa shape index (κ2) is 8.58. The van der Waals surface area contributed by atoms with Crippen LogP contribution in [-0.2, 0) is 6.42 Å². The molecule has 1 aromatic rings. The average Bonchev–Trinajstić information content (AvgIpc) is 2.70. The SMILES string of the molecule is CCCNC1CCCCCC1c1cccc(CC(C)C)c1. The van der Waals surface area contributed by atoms with E-state index in [0.717, 1.165) is 12.5 Å². The Bertz CT molecular complexity index is 410. The van der Waals surface area contributed by atoms with E-state index in [9.17, 15) is 0 Å². The van der Waals surface area contributed by atoms with Crippen molar-refractivity contribution in [2.75, 3.05) is 6.54 Å². The molecule has 0 amide bonds. The van der Waals surface area contributed by atoms with Crippen molar-refractivity contribution in [2.24, 2.45) is 5.92 Å². The van der Waals surface area contributed by atoms with Gasteiger partial charge < -0.3 is 5.32 Å². The number of nitrogens with one attached hydrogen (secondary N) is 1. The van der Waals surface area contributed by atoms with Gasteiger partial charge in [-0.25, -0.2) is 0 Å². The van der Waals surface area contributed by atoms with Gasteiger partial charge in [-0.2, -0.15) is 0 Å². The lowest BCUT2D eigenvalue weighted by Gasteiger charge is -2.27. The first kappa shape index (κ1) is 16.5. The van der Waals surface area contributed by atoms with E-state index in [-0.39, 0.29) is 0 Å². The molecular weight excluding hydrogens is 254 g/mol. The first-order valence-corrected chi connectivity index (χ1v) is 9.03. The average molecular weight is 287 g/mol. The molecule has 1 saturated carbocycles. The Morgan fingerprint density at radius 2 is 1.95 bits per heavy atom. The summed E-state index contributed by atoms with van der Waals surface area (Å²) in [6.07, 6.45) is 9.33. The summed E-state index contributed by atoms with van der Waals surface area (Å²) >= 11 is 0. The Hall–Kier alpha value is -0.820. The first-order chi connectivity index (χ1) is 10.2. The van der Waals surface area contributed by atoms with Gasteiger partial charge in [0, 0.05) is 6.04 Å². The topological polar surface area (TPSA) is 12.0 Å². The third-order valence-corrected chi connectivity index (χ3v) is 4.70. The monoisotopic (exact) mass is 287 g/mol. The Morgan fingerprint density at radius 1 is 1.14 bits per heavy atom. The number of benzene rings is 1. The van der Waals surface area contributed by atoms with E-state index in [0.29, 0.717) is 12.0 Å². The van der Waals surface area contributed by atoms with Crippen LogP contribution in [0, 0.1) is 5.92 Å². The number of rotatable bonds is 6. The van der Waals surface area contributed by atoms with Gasteiger partial charge in [0.25, 0.3) is 0 Å². The van der Waals surface area contributed by atoms with Crippen molar-refractivity contribution in [1.82, 2.24) is 5.32 Å². The molecule has 0 aromatic heterocycles. The Kier molecular flexibility index (Phi) is 6.76. The zero-order valence-corrected chi connectivity index (χ0v) is 14.2. The molecule has 1 N–H and O–H groups in total.